The number of halogens is 2. The van der Waals surface area contributed by atoms with E-state index in [1.807, 2.05) is 64.3 Å². The van der Waals surface area contributed by atoms with Crippen molar-refractivity contribution in [3.63, 3.8) is 0 Å². The molecule has 7 atom stereocenters. The minimum atomic E-state index is -1.70. The van der Waals surface area contributed by atoms with Crippen LogP contribution >= 0.6 is 23.2 Å². The number of benzene rings is 2. The molecule has 34 heteroatoms. The van der Waals surface area contributed by atoms with Gasteiger partial charge in [-0.3, -0.25) is 72.4 Å². The summed E-state index contributed by atoms with van der Waals surface area (Å²) < 4.78 is 32.1. The first kappa shape index (κ1) is 76.4. The summed E-state index contributed by atoms with van der Waals surface area (Å²) in [4.78, 5) is 140. The van der Waals surface area contributed by atoms with Gasteiger partial charge in [-0.15, -0.1) is 0 Å². The Hall–Kier alpha value is -11.5. The van der Waals surface area contributed by atoms with Crippen LogP contribution in [0, 0.1) is 22.7 Å². The zero-order valence-electron chi connectivity index (χ0n) is 64.7. The third-order valence-corrected chi connectivity index (χ3v) is 23.8. The van der Waals surface area contributed by atoms with Gasteiger partial charge in [0.1, 0.15) is 45.0 Å². The molecule has 2 aromatic carbocycles. The molecule has 8 aromatic heterocycles. The van der Waals surface area contributed by atoms with Crippen molar-refractivity contribution in [2.45, 2.75) is 148 Å². The molecule has 0 bridgehead atoms. The van der Waals surface area contributed by atoms with Crippen molar-refractivity contribution in [3.05, 3.63) is 128 Å². The van der Waals surface area contributed by atoms with E-state index >= 15 is 0 Å². The first-order valence-corrected chi connectivity index (χ1v) is 39.2. The predicted molar refractivity (Wildman–Crippen MR) is 426 cm³/mol. The number of fused-ring (bicyclic) bond motifs is 4. The number of anilines is 6. The molecule has 4 saturated heterocycles. The van der Waals surface area contributed by atoms with E-state index in [-0.39, 0.29) is 92.9 Å². The number of carbonyl (C=O) groups excluding carboxylic acids is 6. The zero-order chi connectivity index (χ0) is 80.1. The summed E-state index contributed by atoms with van der Waals surface area (Å²) in [5, 5.41) is 26.6. The molecule has 2 aliphatic carbocycles. The van der Waals surface area contributed by atoms with E-state index in [2.05, 4.69) is 60.2 Å². The summed E-state index contributed by atoms with van der Waals surface area (Å²) in [6.07, 6.45) is 11.3. The van der Waals surface area contributed by atoms with Gasteiger partial charge in [-0.05, 0) is 139 Å². The van der Waals surface area contributed by atoms with Gasteiger partial charge in [0.05, 0.1) is 70.4 Å². The second-order valence-corrected chi connectivity index (χ2v) is 32.9. The number of imide groups is 2. The molecule has 12 heterocycles. The Morgan fingerprint density at radius 1 is 0.605 bits per heavy atom. The van der Waals surface area contributed by atoms with Gasteiger partial charge in [-0.1, -0.05) is 37.0 Å². The third kappa shape index (κ3) is 14.5. The summed E-state index contributed by atoms with van der Waals surface area (Å²) in [6, 6.07) is 17.3. The molecule has 2 saturated carbocycles. The number of carbonyl (C=O) groups is 6. The van der Waals surface area contributed by atoms with Gasteiger partial charge >= 0.3 is 0 Å². The molecular formula is C80H88Cl2N20O12. The standard InChI is InChI=1S/C80H88Cl2N20O12/c1-40(2)101-69-44(23-46(31-84-69)88-67-54(81)33-86-77(92-67)99-36-79(37-99)21-19-58(42(5)29-79)112-48-11-13-50-56(27-48)97(9)94-65(50)52-15-17-62(103)90-71(52)106)25-60(74(101)109)111-35-64(105)96(8)76(73(108)83-7)114-61-26-45-24-47(32-85-70(45)102(41(3)4)75(61)110)89-68-55(82)34-87-78(93-68)100-38-80(39-100)22-20-59(43(6)30-80)113-49-12-14-51-57(28-49)98(10)95-66(51)53-16-18-63(104)91-72(53)107/h11-14,23-28,31-34,40-43,52-53,58-59,76H,15-22,29-30,35-39H2,1-10H3,(H,83,108)(H,86,88,92)(H,87,89,93)(H,90,103,106)(H,91,104,107)/t42-,43-,52?,53?,58+,59+,76?/m1/s1. The maximum Gasteiger partial charge on any atom is 0.294 e. The van der Waals surface area contributed by atoms with Gasteiger partial charge in [0, 0.05) is 124 Å². The maximum absolute atomic E-state index is 14.4. The molecule has 16 rings (SSSR count). The van der Waals surface area contributed by atoms with Crippen LogP contribution in [0.1, 0.15) is 141 Å². The fraction of sp³-hybridized carbons (Fsp3) is 0.450. The number of hydrogen-bond acceptors (Lipinski definition) is 24. The summed E-state index contributed by atoms with van der Waals surface area (Å²) in [5.41, 5.74) is 3.51. The van der Waals surface area contributed by atoms with Crippen molar-refractivity contribution in [3.8, 4) is 23.0 Å². The number of amides is 6. The highest BCUT2D eigenvalue weighted by molar-refractivity contribution is 6.33. The monoisotopic (exact) mass is 1590 g/mol. The van der Waals surface area contributed by atoms with Gasteiger partial charge in [0.25, 0.3) is 29.2 Å². The lowest BCUT2D eigenvalue weighted by atomic mass is 9.64. The van der Waals surface area contributed by atoms with E-state index in [4.69, 9.17) is 72.3 Å². The second-order valence-electron chi connectivity index (χ2n) is 32.0. The number of nitrogens with one attached hydrogen (secondary N) is 5. The van der Waals surface area contributed by atoms with E-state index in [9.17, 15) is 38.4 Å². The highest BCUT2D eigenvalue weighted by Gasteiger charge is 2.51. The Morgan fingerprint density at radius 3 is 1.48 bits per heavy atom. The van der Waals surface area contributed by atoms with Crippen molar-refractivity contribution >= 4 is 137 Å². The minimum Gasteiger partial charge on any atom is -0.490 e. The minimum absolute atomic E-state index is 0.0127. The van der Waals surface area contributed by atoms with Crippen LogP contribution in [-0.2, 0) is 42.9 Å². The van der Waals surface area contributed by atoms with Crippen molar-refractivity contribution in [1.82, 2.24) is 79.4 Å². The molecular weight excluding hydrogens is 1500 g/mol. The molecule has 6 aliphatic rings. The lowest BCUT2D eigenvalue weighted by Gasteiger charge is -2.55. The quantitative estimate of drug-likeness (QED) is 0.0330. The lowest BCUT2D eigenvalue weighted by Crippen LogP contribution is -2.60. The topological polar surface area (TPSA) is 366 Å². The third-order valence-electron chi connectivity index (χ3n) is 23.3. The van der Waals surface area contributed by atoms with Gasteiger partial charge in [0.2, 0.25) is 35.5 Å². The number of rotatable bonds is 21. The van der Waals surface area contributed by atoms with Crippen molar-refractivity contribution < 1.29 is 47.7 Å². The Bertz CT molecular complexity index is 5710. The van der Waals surface area contributed by atoms with Crippen LogP contribution in [0.3, 0.4) is 0 Å². The van der Waals surface area contributed by atoms with Crippen LogP contribution < -0.4 is 66.4 Å². The van der Waals surface area contributed by atoms with Crippen LogP contribution in [0.2, 0.25) is 10.0 Å². The smallest absolute Gasteiger partial charge is 0.294 e. The largest absolute Gasteiger partial charge is 0.490 e. The normalized spacial score (nSPS) is 20.9. The van der Waals surface area contributed by atoms with Crippen LogP contribution in [0.25, 0.3) is 43.9 Å². The number of aryl methyl sites for hydroxylation is 2. The summed E-state index contributed by atoms with van der Waals surface area (Å²) in [5.74, 6) is -0.556. The second kappa shape index (κ2) is 30.1. The Morgan fingerprint density at radius 2 is 1.05 bits per heavy atom. The maximum atomic E-state index is 14.4. The number of nitrogens with zero attached hydrogens (tertiary/aromatic N) is 15. The molecule has 2 spiro atoms. The van der Waals surface area contributed by atoms with Crippen LogP contribution in [0.15, 0.2) is 95.0 Å². The van der Waals surface area contributed by atoms with Crippen LogP contribution in [0.4, 0.5) is 34.9 Å². The number of piperidine rings is 2. The van der Waals surface area contributed by atoms with E-state index in [0.29, 0.717) is 81.2 Å². The van der Waals surface area contributed by atoms with Crippen molar-refractivity contribution in [1.29, 1.82) is 0 Å². The predicted octanol–water partition coefficient (Wildman–Crippen LogP) is 9.59. The molecule has 114 heavy (non-hydrogen) atoms. The van der Waals surface area contributed by atoms with Gasteiger partial charge in [-0.2, -0.15) is 20.2 Å². The molecule has 4 aliphatic heterocycles. The van der Waals surface area contributed by atoms with Gasteiger partial charge in [-0.25, -0.2) is 19.9 Å². The molecule has 6 fully saturated rings. The average molecular weight is 1590 g/mol. The fourth-order valence-electron chi connectivity index (χ4n) is 17.6. The van der Waals surface area contributed by atoms with E-state index < -0.39 is 59.7 Å². The van der Waals surface area contributed by atoms with Gasteiger partial charge in [0.15, 0.2) is 29.7 Å². The fourth-order valence-corrected chi connectivity index (χ4v) is 17.8. The molecule has 32 nitrogen and oxygen atoms in total. The first-order valence-electron chi connectivity index (χ1n) is 38.5. The van der Waals surface area contributed by atoms with Crippen LogP contribution in [-0.4, -0.2) is 164 Å². The number of pyridine rings is 4. The summed E-state index contributed by atoms with van der Waals surface area (Å²) in [7, 11) is 6.38. The molecule has 0 radical (unpaired) electrons. The molecule has 6 amide bonds. The van der Waals surface area contributed by atoms with Crippen molar-refractivity contribution in [2.75, 3.05) is 67.3 Å². The Balaban J connectivity index is 0.547. The number of ether oxygens (including phenoxy) is 4. The SMILES string of the molecule is CNC(=O)C(Oc1cc2cc(Nc3nc(N4CC5(CC[C@H](Oc6ccc7c(C8CCC(=O)NC8=O)nn(C)c7c6)[C@H](C)C5)C4)ncc3Cl)cnc2n(C(C)C)c1=O)N(C)C(=O)COc1cc2cc(Nc3nc(N4CC5(CC[C@H](Oc6ccc7c(C8CCC(=O)NC8=O)nn(C)c7c6)[C@H](C)C5)C4)ncc3Cl)cnc2n(C(C)C)c1=O. The average Bonchev–Trinajstić information content (AvgIpc) is 1.00. The summed E-state index contributed by atoms with van der Waals surface area (Å²) in [6.45, 7) is 13.9. The summed E-state index contributed by atoms with van der Waals surface area (Å²) >= 11 is 13.6. The molecule has 5 N–H and O–H groups in total. The van der Waals surface area contributed by atoms with E-state index in [1.54, 1.807) is 60.1 Å². The zero-order valence-corrected chi connectivity index (χ0v) is 66.3. The highest BCUT2D eigenvalue weighted by Crippen LogP contribution is 2.50. The lowest BCUT2D eigenvalue weighted by molar-refractivity contribution is -0.149. The number of aromatic nitrogens is 12. The highest BCUT2D eigenvalue weighted by atomic mass is 35.5. The number of likely N-dealkylation sites (N-methyl/N-ethyl adjacent to an activating group) is 2. The van der Waals surface area contributed by atoms with Crippen LogP contribution in [0.5, 0.6) is 23.0 Å². The number of hydrogen-bond donors (Lipinski definition) is 5. The van der Waals surface area contributed by atoms with E-state index in [0.717, 1.165) is 103 Å². The molecule has 10 aromatic rings. The Labute approximate surface area is 664 Å². The molecule has 594 valence electrons. The Kier molecular flexibility index (Phi) is 20.2. The molecule has 3 unspecified atom stereocenters. The van der Waals surface area contributed by atoms with Crippen molar-refractivity contribution in [2.24, 2.45) is 36.8 Å². The first-order chi connectivity index (χ1) is 54.6. The van der Waals surface area contributed by atoms with Gasteiger partial charge < -0.3 is 44.7 Å². The van der Waals surface area contributed by atoms with E-state index in [1.165, 1.54) is 35.4 Å².